The lowest BCUT2D eigenvalue weighted by molar-refractivity contribution is 0.0238. The highest BCUT2D eigenvalue weighted by atomic mass is 16.6. The maximum Gasteiger partial charge on any atom is 0.341 e. The van der Waals surface area contributed by atoms with Crippen molar-refractivity contribution in [3.05, 3.63) is 88.9 Å². The maximum atomic E-state index is 13.2. The second-order valence-electron chi connectivity index (χ2n) is 7.88. The summed E-state index contributed by atoms with van der Waals surface area (Å²) in [5.74, 6) is 0.173. The Morgan fingerprint density at radius 3 is 2.72 bits per heavy atom. The standard InChI is InChI=1S/C26H25N3O3/c1-4-29-16(3)23(18-9-6-7-11-21(18)29)26(20-13-12-17(27)15-22(20)31-5-2)24-19(25(30)32-26)10-8-14-28-24/h6-15H,4-5,27H2,1-3H3. The molecule has 5 rings (SSSR count). The fourth-order valence-electron chi connectivity index (χ4n) is 4.97. The van der Waals surface area contributed by atoms with E-state index in [0.29, 0.717) is 34.9 Å². The monoisotopic (exact) mass is 427 g/mol. The van der Waals surface area contributed by atoms with Crippen LogP contribution in [0.2, 0.25) is 0 Å². The molecule has 6 heteroatoms. The van der Waals surface area contributed by atoms with Gasteiger partial charge in [-0.25, -0.2) is 4.79 Å². The first-order valence-corrected chi connectivity index (χ1v) is 10.8. The van der Waals surface area contributed by atoms with E-state index in [1.807, 2.05) is 31.2 Å². The third kappa shape index (κ3) is 2.65. The van der Waals surface area contributed by atoms with Crippen LogP contribution in [0, 0.1) is 6.92 Å². The summed E-state index contributed by atoms with van der Waals surface area (Å²) in [6.07, 6.45) is 1.70. The summed E-state index contributed by atoms with van der Waals surface area (Å²) in [5.41, 5.74) is 10.1. The lowest BCUT2D eigenvalue weighted by atomic mass is 9.80. The fourth-order valence-corrected chi connectivity index (χ4v) is 4.97. The van der Waals surface area contributed by atoms with Crippen molar-refractivity contribution in [3.63, 3.8) is 0 Å². The number of cyclic esters (lactones) is 1. The van der Waals surface area contributed by atoms with Gasteiger partial charge in [0, 0.05) is 52.2 Å². The second kappa shape index (κ2) is 7.41. The molecule has 0 bridgehead atoms. The number of hydrogen-bond acceptors (Lipinski definition) is 5. The van der Waals surface area contributed by atoms with Gasteiger partial charge in [-0.1, -0.05) is 18.2 Å². The topological polar surface area (TPSA) is 79.4 Å². The third-order valence-corrected chi connectivity index (χ3v) is 6.19. The number of ether oxygens (including phenoxy) is 2. The maximum absolute atomic E-state index is 13.2. The van der Waals surface area contributed by atoms with Crippen LogP contribution in [0.3, 0.4) is 0 Å². The van der Waals surface area contributed by atoms with Crippen LogP contribution in [0.1, 0.15) is 46.7 Å². The molecular weight excluding hydrogens is 402 g/mol. The molecule has 1 aliphatic rings. The number of fused-ring (bicyclic) bond motifs is 2. The summed E-state index contributed by atoms with van der Waals surface area (Å²) in [6, 6.07) is 17.2. The molecule has 0 saturated carbocycles. The predicted octanol–water partition coefficient (Wildman–Crippen LogP) is 4.81. The average Bonchev–Trinajstić information content (AvgIpc) is 3.25. The Hall–Kier alpha value is -3.80. The molecule has 0 amide bonds. The Balaban J connectivity index is 1.96. The summed E-state index contributed by atoms with van der Waals surface area (Å²) >= 11 is 0. The van der Waals surface area contributed by atoms with Crippen LogP contribution in [0.4, 0.5) is 5.69 Å². The summed E-state index contributed by atoms with van der Waals surface area (Å²) in [7, 11) is 0. The molecule has 32 heavy (non-hydrogen) atoms. The molecule has 0 fully saturated rings. The molecular formula is C26H25N3O3. The molecule has 162 valence electrons. The molecule has 0 saturated heterocycles. The van der Waals surface area contributed by atoms with E-state index < -0.39 is 11.6 Å². The van der Waals surface area contributed by atoms with Crippen LogP contribution < -0.4 is 10.5 Å². The number of nitrogen functional groups attached to an aromatic ring is 1. The minimum Gasteiger partial charge on any atom is -0.493 e. The summed E-state index contributed by atoms with van der Waals surface area (Å²) in [6.45, 7) is 7.32. The van der Waals surface area contributed by atoms with Gasteiger partial charge in [-0.15, -0.1) is 0 Å². The van der Waals surface area contributed by atoms with E-state index in [1.165, 1.54) is 0 Å². The van der Waals surface area contributed by atoms with Crippen molar-refractivity contribution in [1.82, 2.24) is 9.55 Å². The number of pyridine rings is 1. The smallest absolute Gasteiger partial charge is 0.341 e. The van der Waals surface area contributed by atoms with Gasteiger partial charge in [0.2, 0.25) is 5.60 Å². The molecule has 1 aliphatic heterocycles. The first-order chi connectivity index (χ1) is 15.5. The van der Waals surface area contributed by atoms with E-state index in [9.17, 15) is 4.79 Å². The first-order valence-electron chi connectivity index (χ1n) is 10.8. The summed E-state index contributed by atoms with van der Waals surface area (Å²) in [4.78, 5) is 17.8. The van der Waals surface area contributed by atoms with Crippen LogP contribution in [0.5, 0.6) is 5.75 Å². The van der Waals surface area contributed by atoms with Gasteiger partial charge in [0.15, 0.2) is 0 Å². The zero-order chi connectivity index (χ0) is 22.5. The summed E-state index contributed by atoms with van der Waals surface area (Å²) < 4.78 is 14.6. The minimum absolute atomic E-state index is 0.403. The second-order valence-corrected chi connectivity index (χ2v) is 7.88. The van der Waals surface area contributed by atoms with Crippen molar-refractivity contribution >= 4 is 22.6 Å². The van der Waals surface area contributed by atoms with E-state index in [4.69, 9.17) is 15.2 Å². The number of carbonyl (C=O) groups excluding carboxylic acids is 1. The van der Waals surface area contributed by atoms with E-state index in [2.05, 4.69) is 35.5 Å². The Morgan fingerprint density at radius 2 is 1.94 bits per heavy atom. The first kappa shape index (κ1) is 20.1. The molecule has 2 aromatic heterocycles. The van der Waals surface area contributed by atoms with Crippen LogP contribution >= 0.6 is 0 Å². The number of rotatable bonds is 5. The molecule has 0 radical (unpaired) electrons. The van der Waals surface area contributed by atoms with Gasteiger partial charge in [-0.3, -0.25) is 4.98 Å². The minimum atomic E-state index is -1.25. The number of aryl methyl sites for hydroxylation is 1. The number of aromatic nitrogens is 2. The van der Waals surface area contributed by atoms with Crippen LogP contribution in [0.15, 0.2) is 60.8 Å². The van der Waals surface area contributed by atoms with Crippen molar-refractivity contribution in [3.8, 4) is 5.75 Å². The zero-order valence-electron chi connectivity index (χ0n) is 18.4. The molecule has 2 N–H and O–H groups in total. The normalized spacial score (nSPS) is 17.4. The number of nitrogens with two attached hydrogens (primary N) is 1. The molecule has 2 aromatic carbocycles. The van der Waals surface area contributed by atoms with Crippen LogP contribution in [0.25, 0.3) is 10.9 Å². The van der Waals surface area contributed by atoms with Gasteiger partial charge in [-0.05, 0) is 51.1 Å². The number of carbonyl (C=O) groups is 1. The van der Waals surface area contributed by atoms with Gasteiger partial charge in [-0.2, -0.15) is 0 Å². The Kier molecular flexibility index (Phi) is 4.66. The zero-order valence-corrected chi connectivity index (χ0v) is 18.4. The highest BCUT2D eigenvalue weighted by molar-refractivity contribution is 5.98. The van der Waals surface area contributed by atoms with E-state index >= 15 is 0 Å². The SMILES string of the molecule is CCOc1cc(N)ccc1C1(c2c(C)n(CC)c3ccccc23)OC(=O)c2cccnc21. The van der Waals surface area contributed by atoms with E-state index in [1.54, 1.807) is 24.4 Å². The molecule has 0 spiro atoms. The summed E-state index contributed by atoms with van der Waals surface area (Å²) in [5, 5.41) is 1.01. The van der Waals surface area contributed by atoms with Crippen molar-refractivity contribution in [1.29, 1.82) is 0 Å². The lowest BCUT2D eigenvalue weighted by Gasteiger charge is -2.31. The molecule has 6 nitrogen and oxygen atoms in total. The number of hydrogen-bond donors (Lipinski definition) is 1. The highest BCUT2D eigenvalue weighted by Crippen LogP contribution is 2.52. The van der Waals surface area contributed by atoms with Crippen molar-refractivity contribution in [2.24, 2.45) is 0 Å². The molecule has 1 atom stereocenters. The molecule has 3 heterocycles. The number of nitrogens with zero attached hydrogens (tertiary/aromatic N) is 2. The molecule has 0 aliphatic carbocycles. The Labute approximate surface area is 186 Å². The number of para-hydroxylation sites is 1. The third-order valence-electron chi connectivity index (χ3n) is 6.19. The Bertz CT molecular complexity index is 1360. The fraction of sp³-hybridized carbons (Fsp3) is 0.231. The van der Waals surface area contributed by atoms with Gasteiger partial charge in [0.1, 0.15) is 11.4 Å². The van der Waals surface area contributed by atoms with Gasteiger partial charge in [0.25, 0.3) is 0 Å². The number of anilines is 1. The van der Waals surface area contributed by atoms with Gasteiger partial charge in [0.05, 0.1) is 12.2 Å². The molecule has 4 aromatic rings. The number of benzene rings is 2. The van der Waals surface area contributed by atoms with Crippen molar-refractivity contribution in [2.45, 2.75) is 32.9 Å². The quantitative estimate of drug-likeness (QED) is 0.365. The van der Waals surface area contributed by atoms with E-state index in [0.717, 1.165) is 28.7 Å². The van der Waals surface area contributed by atoms with E-state index in [-0.39, 0.29) is 0 Å². The Morgan fingerprint density at radius 1 is 1.12 bits per heavy atom. The highest BCUT2D eigenvalue weighted by Gasteiger charge is 2.53. The van der Waals surface area contributed by atoms with Crippen molar-refractivity contribution in [2.75, 3.05) is 12.3 Å². The largest absolute Gasteiger partial charge is 0.493 e. The molecule has 1 unspecified atom stereocenters. The lowest BCUT2D eigenvalue weighted by Crippen LogP contribution is -2.32. The van der Waals surface area contributed by atoms with Crippen molar-refractivity contribution < 1.29 is 14.3 Å². The number of esters is 1. The van der Waals surface area contributed by atoms with Gasteiger partial charge >= 0.3 is 5.97 Å². The predicted molar refractivity (Wildman–Crippen MR) is 124 cm³/mol. The van der Waals surface area contributed by atoms with Crippen LogP contribution in [-0.4, -0.2) is 22.1 Å². The van der Waals surface area contributed by atoms with Gasteiger partial charge < -0.3 is 19.8 Å². The van der Waals surface area contributed by atoms with Crippen LogP contribution in [-0.2, 0) is 16.9 Å². The average molecular weight is 428 g/mol.